The largest absolute Gasteiger partial charge is 0.386 e. The van der Waals surface area contributed by atoms with Crippen LogP contribution in [0, 0.1) is 0 Å². The number of hydrogen-bond donors (Lipinski definition) is 3. The van der Waals surface area contributed by atoms with Crippen molar-refractivity contribution in [3.8, 4) is 0 Å². The summed E-state index contributed by atoms with van der Waals surface area (Å²) in [6.45, 7) is 0.177. The number of ether oxygens (including phenoxy) is 2. The van der Waals surface area contributed by atoms with Gasteiger partial charge in [-0.2, -0.15) is 0 Å². The first-order valence-corrected chi connectivity index (χ1v) is 13.1. The van der Waals surface area contributed by atoms with E-state index in [0.29, 0.717) is 28.4 Å². The maximum absolute atomic E-state index is 14.5. The van der Waals surface area contributed by atoms with E-state index in [4.69, 9.17) is 9.47 Å². The van der Waals surface area contributed by atoms with Gasteiger partial charge in [0.25, 0.3) is 5.56 Å². The van der Waals surface area contributed by atoms with E-state index in [1.807, 2.05) is 6.20 Å². The highest BCUT2D eigenvalue weighted by atomic mass is 19.1. The third kappa shape index (κ3) is 4.51. The Morgan fingerprint density at radius 3 is 2.76 bits per heavy atom. The Hall–Kier alpha value is -3.51. The molecule has 2 aliphatic carbocycles. The molecule has 0 saturated heterocycles. The van der Waals surface area contributed by atoms with Crippen LogP contribution in [-0.2, 0) is 16.1 Å². The van der Waals surface area contributed by atoms with Gasteiger partial charge in [0, 0.05) is 45.3 Å². The molecule has 2 fully saturated rings. The summed E-state index contributed by atoms with van der Waals surface area (Å²) in [4.78, 5) is 35.9. The smallest absolute Gasteiger partial charge is 0.328 e. The maximum Gasteiger partial charge on any atom is 0.328 e. The number of carbonyl (C=O) groups is 1. The Morgan fingerprint density at radius 1 is 1.18 bits per heavy atom. The molecule has 3 aromatic rings. The fourth-order valence-electron chi connectivity index (χ4n) is 5.90. The Labute approximate surface area is 218 Å². The summed E-state index contributed by atoms with van der Waals surface area (Å²) in [5.41, 5.74) is 2.44. The number of amides is 1. The van der Waals surface area contributed by atoms with Crippen molar-refractivity contribution in [2.45, 2.75) is 75.6 Å². The zero-order chi connectivity index (χ0) is 26.4. The summed E-state index contributed by atoms with van der Waals surface area (Å²) >= 11 is 0. The van der Waals surface area contributed by atoms with Gasteiger partial charge in [-0.15, -0.1) is 0 Å². The molecule has 3 aromatic heterocycles. The quantitative estimate of drug-likeness (QED) is 0.475. The second-order valence-electron chi connectivity index (χ2n) is 10.3. The van der Waals surface area contributed by atoms with Gasteiger partial charge in [-0.3, -0.25) is 4.79 Å². The third-order valence-electron chi connectivity index (χ3n) is 7.95. The van der Waals surface area contributed by atoms with Crippen LogP contribution in [0.25, 0.3) is 11.2 Å². The van der Waals surface area contributed by atoms with Crippen LogP contribution in [0.15, 0.2) is 29.5 Å². The first kappa shape index (κ1) is 24.8. The summed E-state index contributed by atoms with van der Waals surface area (Å²) in [5.74, 6) is 0.390. The van der Waals surface area contributed by atoms with Gasteiger partial charge >= 0.3 is 6.03 Å². The van der Waals surface area contributed by atoms with Crippen molar-refractivity contribution in [2.24, 2.45) is 0 Å². The highest BCUT2D eigenvalue weighted by molar-refractivity contribution is 5.94. The lowest BCUT2D eigenvalue weighted by Gasteiger charge is -2.30. The molecule has 202 valence electrons. The minimum absolute atomic E-state index is 0.0340. The Morgan fingerprint density at radius 2 is 2.00 bits per heavy atom. The van der Waals surface area contributed by atoms with E-state index < -0.39 is 24.3 Å². The first-order valence-electron chi connectivity index (χ1n) is 13.1. The van der Waals surface area contributed by atoms with Gasteiger partial charge in [0.15, 0.2) is 5.65 Å². The summed E-state index contributed by atoms with van der Waals surface area (Å²) in [5, 5.41) is 9.19. The Bertz CT molecular complexity index is 1410. The lowest BCUT2D eigenvalue weighted by molar-refractivity contribution is 0.0268. The molecule has 4 bridgehead atoms. The van der Waals surface area contributed by atoms with Crippen LogP contribution < -0.4 is 21.5 Å². The zero-order valence-corrected chi connectivity index (χ0v) is 21.4. The lowest BCUT2D eigenvalue weighted by atomic mass is 9.92. The van der Waals surface area contributed by atoms with Crippen molar-refractivity contribution in [3.05, 3.63) is 40.6 Å². The monoisotopic (exact) mass is 525 g/mol. The van der Waals surface area contributed by atoms with Crippen LogP contribution in [0.2, 0.25) is 0 Å². The number of carbonyl (C=O) groups excluding carboxylic acids is 1. The minimum atomic E-state index is -1.08. The van der Waals surface area contributed by atoms with Crippen LogP contribution in [0.4, 0.5) is 26.4 Å². The van der Waals surface area contributed by atoms with E-state index in [-0.39, 0.29) is 37.2 Å². The fraction of sp³-hybridized carbons (Fsp3) is 0.538. The molecular weight excluding hydrogens is 493 g/mol. The molecule has 1 aliphatic heterocycles. The number of imidazole rings is 1. The van der Waals surface area contributed by atoms with E-state index in [9.17, 15) is 14.0 Å². The number of rotatable bonds is 3. The van der Waals surface area contributed by atoms with Crippen LogP contribution in [0.5, 0.6) is 0 Å². The summed E-state index contributed by atoms with van der Waals surface area (Å²) in [7, 11) is 3.48. The number of halogens is 1. The van der Waals surface area contributed by atoms with Gasteiger partial charge in [0.2, 0.25) is 0 Å². The van der Waals surface area contributed by atoms with Crippen LogP contribution in [0.1, 0.15) is 50.1 Å². The van der Waals surface area contributed by atoms with E-state index >= 15 is 0 Å². The summed E-state index contributed by atoms with van der Waals surface area (Å²) in [6.07, 6.45) is 5.64. The molecule has 0 spiro atoms. The number of fused-ring (bicyclic) bond motifs is 4. The molecule has 11 nitrogen and oxygen atoms in total. The fourth-order valence-corrected chi connectivity index (χ4v) is 5.90. The van der Waals surface area contributed by atoms with Crippen molar-refractivity contribution < 1.29 is 18.7 Å². The Kier molecular flexibility index (Phi) is 6.52. The molecule has 38 heavy (non-hydrogen) atoms. The van der Waals surface area contributed by atoms with Crippen molar-refractivity contribution in [1.29, 1.82) is 0 Å². The molecule has 2 saturated carbocycles. The van der Waals surface area contributed by atoms with Gasteiger partial charge in [0.05, 0.1) is 30.5 Å². The van der Waals surface area contributed by atoms with E-state index in [1.54, 1.807) is 30.9 Å². The van der Waals surface area contributed by atoms with Gasteiger partial charge in [0.1, 0.15) is 29.5 Å². The van der Waals surface area contributed by atoms with Crippen molar-refractivity contribution in [2.75, 3.05) is 24.8 Å². The van der Waals surface area contributed by atoms with Crippen molar-refractivity contribution in [3.63, 3.8) is 0 Å². The SMILES string of the molecule is CNc1cc2nc3c1ncn3C(=O)N[C@@H]1CC(F)CC1OCc1cc(c(=O)n(C3CCC(OC)CC3)c1)N2. The first-order chi connectivity index (χ1) is 18.4. The third-order valence-corrected chi connectivity index (χ3v) is 7.95. The van der Waals surface area contributed by atoms with E-state index in [1.165, 1.54) is 10.9 Å². The molecular formula is C26H32FN7O4. The molecule has 0 radical (unpaired) electrons. The highest BCUT2D eigenvalue weighted by Gasteiger charge is 2.37. The van der Waals surface area contributed by atoms with E-state index in [0.717, 1.165) is 31.2 Å². The lowest BCUT2D eigenvalue weighted by Crippen LogP contribution is -2.43. The molecule has 1 amide bonds. The predicted molar refractivity (Wildman–Crippen MR) is 140 cm³/mol. The molecule has 3 atom stereocenters. The van der Waals surface area contributed by atoms with Crippen LogP contribution in [0.3, 0.4) is 0 Å². The average molecular weight is 526 g/mol. The number of hydrogen-bond acceptors (Lipinski definition) is 8. The molecule has 2 unspecified atom stereocenters. The van der Waals surface area contributed by atoms with Gasteiger partial charge in [-0.05, 0) is 37.3 Å². The molecule has 3 N–H and O–H groups in total. The van der Waals surface area contributed by atoms with Crippen LogP contribution >= 0.6 is 0 Å². The number of alkyl halides is 1. The molecule has 6 rings (SSSR count). The number of aromatic nitrogens is 4. The molecule has 0 aromatic carbocycles. The second-order valence-corrected chi connectivity index (χ2v) is 10.3. The minimum Gasteiger partial charge on any atom is -0.386 e. The average Bonchev–Trinajstić information content (AvgIpc) is 3.50. The highest BCUT2D eigenvalue weighted by Crippen LogP contribution is 2.32. The number of nitrogens with one attached hydrogen (secondary N) is 3. The maximum atomic E-state index is 14.5. The van der Waals surface area contributed by atoms with Crippen molar-refractivity contribution >= 4 is 34.4 Å². The Balaban J connectivity index is 1.46. The van der Waals surface area contributed by atoms with Crippen LogP contribution in [-0.4, -0.2) is 63.7 Å². The number of methoxy groups -OCH3 is 1. The number of anilines is 3. The molecule has 3 aliphatic rings. The summed E-state index contributed by atoms with van der Waals surface area (Å²) in [6, 6.07) is 2.59. The molecule has 4 heterocycles. The normalized spacial score (nSPS) is 27.4. The number of pyridine rings is 2. The second kappa shape index (κ2) is 9.99. The van der Waals surface area contributed by atoms with Gasteiger partial charge in [-0.1, -0.05) is 0 Å². The molecule has 12 heteroatoms. The van der Waals surface area contributed by atoms with Crippen molar-refractivity contribution in [1.82, 2.24) is 24.4 Å². The standard InChI is InChI=1S/C26H32FN7O4/c1-28-19-10-22-30-20-7-14(11-33(25(20)35)16-3-5-17(37-2)6-4-16)12-38-21-9-15(27)8-18(21)31-26(36)34-13-29-23(19)24(34)32-22/h7,10-11,13,15-18,21H,3-6,8-9,12H2,1-2H3,(H,31,36)(H2,28,30,32)/t15?,16?,17?,18-,21?/m1/s1. The topological polar surface area (TPSA) is 124 Å². The summed E-state index contributed by atoms with van der Waals surface area (Å²) < 4.78 is 29.2. The van der Waals surface area contributed by atoms with E-state index in [2.05, 4.69) is 25.9 Å². The van der Waals surface area contributed by atoms with Gasteiger partial charge in [-0.25, -0.2) is 23.7 Å². The van der Waals surface area contributed by atoms with Gasteiger partial charge < -0.3 is 30.0 Å². The zero-order valence-electron chi connectivity index (χ0n) is 21.4. The predicted octanol–water partition coefficient (Wildman–Crippen LogP) is 3.47. The number of nitrogens with zero attached hydrogens (tertiary/aromatic N) is 4.